The monoisotopic (exact) mass is 425 g/mol. The summed E-state index contributed by atoms with van der Waals surface area (Å²) >= 11 is 0. The van der Waals surface area contributed by atoms with Crippen molar-refractivity contribution in [3.63, 3.8) is 0 Å². The Hall–Kier alpha value is -3.23. The first kappa shape index (κ1) is 20.1. The zero-order chi connectivity index (χ0) is 21.5. The number of aryl methyl sites for hydroxylation is 1. The molecule has 2 aromatic carbocycles. The standard InChI is InChI=1S/C22H20FN3O3S/c1-14-12-26(13-15-3-9-18(10-4-15)30(24,27)28)21-19(14)11-25-22(29-2)20(21)16-5-7-17(23)8-6-16/h3-12H,13H2,1-2H3,(H2,24,27,28). The average Bonchev–Trinajstić information content (AvgIpc) is 3.03. The lowest BCUT2D eigenvalue weighted by atomic mass is 10.0. The molecule has 0 saturated carbocycles. The van der Waals surface area contributed by atoms with Gasteiger partial charge in [0.15, 0.2) is 0 Å². The maximum Gasteiger partial charge on any atom is 0.238 e. The van der Waals surface area contributed by atoms with Crippen molar-refractivity contribution >= 4 is 20.9 Å². The van der Waals surface area contributed by atoms with Crippen molar-refractivity contribution in [3.05, 3.63) is 77.9 Å². The average molecular weight is 425 g/mol. The number of hydrogen-bond donors (Lipinski definition) is 1. The van der Waals surface area contributed by atoms with Gasteiger partial charge in [0.25, 0.3) is 0 Å². The Balaban J connectivity index is 1.87. The van der Waals surface area contributed by atoms with Gasteiger partial charge >= 0.3 is 0 Å². The summed E-state index contributed by atoms with van der Waals surface area (Å²) in [7, 11) is -2.19. The summed E-state index contributed by atoms with van der Waals surface area (Å²) in [4.78, 5) is 4.50. The van der Waals surface area contributed by atoms with E-state index in [1.54, 1.807) is 37.6 Å². The highest BCUT2D eigenvalue weighted by Crippen LogP contribution is 2.37. The molecule has 30 heavy (non-hydrogen) atoms. The number of hydrogen-bond acceptors (Lipinski definition) is 4. The maximum absolute atomic E-state index is 13.5. The molecule has 154 valence electrons. The molecule has 2 N–H and O–H groups in total. The van der Waals surface area contributed by atoms with Crippen LogP contribution in [-0.4, -0.2) is 25.1 Å². The number of primary sulfonamides is 1. The Kier molecular flexibility index (Phi) is 5.05. The van der Waals surface area contributed by atoms with Gasteiger partial charge in [-0.25, -0.2) is 22.9 Å². The van der Waals surface area contributed by atoms with Gasteiger partial charge in [0.1, 0.15) is 5.82 Å². The van der Waals surface area contributed by atoms with E-state index >= 15 is 0 Å². The highest BCUT2D eigenvalue weighted by molar-refractivity contribution is 7.89. The van der Waals surface area contributed by atoms with Crippen molar-refractivity contribution in [2.45, 2.75) is 18.4 Å². The quantitative estimate of drug-likeness (QED) is 0.526. The third kappa shape index (κ3) is 3.67. The van der Waals surface area contributed by atoms with E-state index in [0.29, 0.717) is 12.4 Å². The van der Waals surface area contributed by atoms with Crippen molar-refractivity contribution in [3.8, 4) is 17.0 Å². The summed E-state index contributed by atoms with van der Waals surface area (Å²) in [6, 6.07) is 12.6. The molecule has 0 saturated heterocycles. The van der Waals surface area contributed by atoms with Crippen LogP contribution in [0.3, 0.4) is 0 Å². The molecule has 0 aliphatic carbocycles. The molecule has 0 spiro atoms. The van der Waals surface area contributed by atoms with Crippen LogP contribution in [0.15, 0.2) is 65.8 Å². The number of ether oxygens (including phenoxy) is 1. The number of rotatable bonds is 5. The second-order valence-electron chi connectivity index (χ2n) is 7.04. The van der Waals surface area contributed by atoms with Gasteiger partial charge in [0.05, 0.1) is 23.1 Å². The fourth-order valence-corrected chi connectivity index (χ4v) is 4.09. The predicted octanol–water partition coefficient (Wildman–Crippen LogP) is 3.86. The number of methoxy groups -OCH3 is 1. The largest absolute Gasteiger partial charge is 0.480 e. The van der Waals surface area contributed by atoms with Crippen molar-refractivity contribution in [1.82, 2.24) is 9.55 Å². The smallest absolute Gasteiger partial charge is 0.238 e. The predicted molar refractivity (Wildman–Crippen MR) is 113 cm³/mol. The van der Waals surface area contributed by atoms with Gasteiger partial charge < -0.3 is 9.30 Å². The summed E-state index contributed by atoms with van der Waals surface area (Å²) in [6.45, 7) is 2.49. The Morgan fingerprint density at radius 3 is 2.37 bits per heavy atom. The van der Waals surface area contributed by atoms with Crippen LogP contribution in [0.2, 0.25) is 0 Å². The van der Waals surface area contributed by atoms with Crippen LogP contribution >= 0.6 is 0 Å². The molecular weight excluding hydrogens is 405 g/mol. The van der Waals surface area contributed by atoms with Crippen LogP contribution in [0, 0.1) is 12.7 Å². The molecule has 6 nitrogen and oxygen atoms in total. The van der Waals surface area contributed by atoms with Gasteiger partial charge in [0, 0.05) is 24.3 Å². The molecule has 0 atom stereocenters. The minimum Gasteiger partial charge on any atom is -0.480 e. The lowest BCUT2D eigenvalue weighted by Crippen LogP contribution is -2.12. The lowest BCUT2D eigenvalue weighted by Gasteiger charge is -2.13. The molecule has 4 aromatic rings. The zero-order valence-electron chi connectivity index (χ0n) is 16.5. The van der Waals surface area contributed by atoms with E-state index in [2.05, 4.69) is 9.55 Å². The second kappa shape index (κ2) is 7.55. The van der Waals surface area contributed by atoms with Gasteiger partial charge in [-0.15, -0.1) is 0 Å². The van der Waals surface area contributed by atoms with Crippen LogP contribution in [-0.2, 0) is 16.6 Å². The molecule has 0 aliphatic rings. The van der Waals surface area contributed by atoms with Crippen LogP contribution in [0.4, 0.5) is 4.39 Å². The molecule has 0 aliphatic heterocycles. The molecule has 0 bridgehead atoms. The van der Waals surface area contributed by atoms with Crippen LogP contribution in [0.5, 0.6) is 5.88 Å². The minimum atomic E-state index is -3.74. The van der Waals surface area contributed by atoms with Crippen LogP contribution in [0.25, 0.3) is 22.0 Å². The van der Waals surface area contributed by atoms with E-state index < -0.39 is 10.0 Å². The third-order valence-corrected chi connectivity index (χ3v) is 5.94. The molecule has 0 radical (unpaired) electrons. The fourth-order valence-electron chi connectivity index (χ4n) is 3.58. The SMILES string of the molecule is COc1ncc2c(C)cn(Cc3ccc(S(N)(=O)=O)cc3)c2c1-c1ccc(F)cc1. The number of sulfonamides is 1. The molecule has 0 unspecified atom stereocenters. The van der Waals surface area contributed by atoms with Gasteiger partial charge in [0.2, 0.25) is 15.9 Å². The molecule has 0 amide bonds. The molecule has 2 heterocycles. The van der Waals surface area contributed by atoms with E-state index in [1.807, 2.05) is 13.1 Å². The summed E-state index contributed by atoms with van der Waals surface area (Å²) in [6.07, 6.45) is 3.77. The van der Waals surface area contributed by atoms with Crippen molar-refractivity contribution in [2.75, 3.05) is 7.11 Å². The van der Waals surface area contributed by atoms with Crippen LogP contribution in [0.1, 0.15) is 11.1 Å². The van der Waals surface area contributed by atoms with Gasteiger partial charge in [-0.1, -0.05) is 24.3 Å². The number of aromatic nitrogens is 2. The summed E-state index contributed by atoms with van der Waals surface area (Å²) in [5, 5.41) is 6.14. The minimum absolute atomic E-state index is 0.0673. The third-order valence-electron chi connectivity index (χ3n) is 5.01. The maximum atomic E-state index is 13.5. The Bertz CT molecular complexity index is 1330. The van der Waals surface area contributed by atoms with E-state index in [0.717, 1.165) is 33.2 Å². The number of benzene rings is 2. The number of halogens is 1. The highest BCUT2D eigenvalue weighted by atomic mass is 32.2. The first-order valence-corrected chi connectivity index (χ1v) is 10.7. The normalized spacial score (nSPS) is 11.7. The van der Waals surface area contributed by atoms with Crippen molar-refractivity contribution in [2.24, 2.45) is 5.14 Å². The number of nitrogens with zero attached hydrogens (tertiary/aromatic N) is 2. The number of fused-ring (bicyclic) bond motifs is 1. The van der Waals surface area contributed by atoms with Gasteiger partial charge in [-0.05, 0) is 47.9 Å². The molecule has 8 heteroatoms. The first-order valence-electron chi connectivity index (χ1n) is 9.18. The van der Waals surface area contributed by atoms with Gasteiger partial charge in [-0.2, -0.15) is 0 Å². The molecule has 2 aromatic heterocycles. The van der Waals surface area contributed by atoms with Crippen molar-refractivity contribution in [1.29, 1.82) is 0 Å². The lowest BCUT2D eigenvalue weighted by molar-refractivity contribution is 0.400. The molecule has 4 rings (SSSR count). The molecular formula is C22H20FN3O3S. The van der Waals surface area contributed by atoms with E-state index in [-0.39, 0.29) is 10.7 Å². The number of pyridine rings is 1. The van der Waals surface area contributed by atoms with Crippen LogP contribution < -0.4 is 9.88 Å². The van der Waals surface area contributed by atoms with E-state index in [4.69, 9.17) is 9.88 Å². The summed E-state index contributed by atoms with van der Waals surface area (Å²) < 4.78 is 44.0. The fraction of sp³-hybridized carbons (Fsp3) is 0.136. The zero-order valence-corrected chi connectivity index (χ0v) is 17.3. The first-order chi connectivity index (χ1) is 14.3. The van der Waals surface area contributed by atoms with E-state index in [1.165, 1.54) is 24.3 Å². The van der Waals surface area contributed by atoms with E-state index in [9.17, 15) is 12.8 Å². The Labute approximate surface area is 173 Å². The summed E-state index contributed by atoms with van der Waals surface area (Å²) in [5.41, 5.74) is 4.39. The second-order valence-corrected chi connectivity index (χ2v) is 8.60. The highest BCUT2D eigenvalue weighted by Gasteiger charge is 2.18. The Morgan fingerprint density at radius 2 is 1.77 bits per heavy atom. The number of nitrogens with two attached hydrogens (primary N) is 1. The topological polar surface area (TPSA) is 87.2 Å². The summed E-state index contributed by atoms with van der Waals surface area (Å²) in [5.74, 6) is 0.123. The Morgan fingerprint density at radius 1 is 1.10 bits per heavy atom. The molecule has 0 fully saturated rings. The van der Waals surface area contributed by atoms with Crippen molar-refractivity contribution < 1.29 is 17.5 Å². The van der Waals surface area contributed by atoms with Gasteiger partial charge in [-0.3, -0.25) is 0 Å².